The van der Waals surface area contributed by atoms with Crippen LogP contribution in [-0.2, 0) is 10.0 Å². The topological polar surface area (TPSA) is 72.2 Å². The summed E-state index contributed by atoms with van der Waals surface area (Å²) in [5.41, 5.74) is 5.74. The Hall–Kier alpha value is -0.140. The standard InChI is InChI=1S/C12H20N2O2S2.ClH/c13-9-11(10-5-2-1-3-6-10)14-18(15,16)12-7-4-8-17-12;/h4,7-8,10-11,14H,1-3,5-6,9,13H2;1H. The SMILES string of the molecule is Cl.NCC(NS(=O)(=O)c1cccs1)C1CCCCC1. The highest BCUT2D eigenvalue weighted by Crippen LogP contribution is 2.27. The fraction of sp³-hybridized carbons (Fsp3) is 0.667. The van der Waals surface area contributed by atoms with E-state index in [4.69, 9.17) is 5.73 Å². The molecular formula is C12H21ClN2O2S2. The first-order valence-electron chi connectivity index (χ1n) is 6.39. The second-order valence-electron chi connectivity index (χ2n) is 4.79. The van der Waals surface area contributed by atoms with Crippen LogP contribution in [0.5, 0.6) is 0 Å². The molecule has 19 heavy (non-hydrogen) atoms. The van der Waals surface area contributed by atoms with Gasteiger partial charge in [0.1, 0.15) is 4.21 Å². The number of hydrogen-bond donors (Lipinski definition) is 2. The van der Waals surface area contributed by atoms with Crippen LogP contribution in [0.2, 0.25) is 0 Å². The number of nitrogens with one attached hydrogen (secondary N) is 1. The second kappa shape index (κ2) is 7.59. The molecule has 110 valence electrons. The molecule has 0 bridgehead atoms. The highest BCUT2D eigenvalue weighted by atomic mass is 35.5. The van der Waals surface area contributed by atoms with Crippen LogP contribution >= 0.6 is 23.7 Å². The minimum Gasteiger partial charge on any atom is -0.329 e. The summed E-state index contributed by atoms with van der Waals surface area (Å²) in [7, 11) is -3.39. The fourth-order valence-electron chi connectivity index (χ4n) is 2.55. The zero-order valence-electron chi connectivity index (χ0n) is 10.7. The smallest absolute Gasteiger partial charge is 0.250 e. The van der Waals surface area contributed by atoms with E-state index in [0.29, 0.717) is 16.7 Å². The molecule has 1 aliphatic rings. The van der Waals surface area contributed by atoms with E-state index in [1.807, 2.05) is 0 Å². The first kappa shape index (κ1) is 16.9. The molecule has 2 rings (SSSR count). The van der Waals surface area contributed by atoms with Crippen LogP contribution in [0.3, 0.4) is 0 Å². The van der Waals surface area contributed by atoms with Crippen molar-refractivity contribution in [2.75, 3.05) is 6.54 Å². The van der Waals surface area contributed by atoms with Crippen molar-refractivity contribution >= 4 is 33.8 Å². The van der Waals surface area contributed by atoms with Crippen molar-refractivity contribution in [2.24, 2.45) is 11.7 Å². The molecule has 0 amide bonds. The lowest BCUT2D eigenvalue weighted by Gasteiger charge is -2.29. The monoisotopic (exact) mass is 324 g/mol. The van der Waals surface area contributed by atoms with Crippen molar-refractivity contribution in [2.45, 2.75) is 42.4 Å². The van der Waals surface area contributed by atoms with E-state index >= 15 is 0 Å². The number of hydrogen-bond acceptors (Lipinski definition) is 4. The van der Waals surface area contributed by atoms with Gasteiger partial charge in [-0.2, -0.15) is 0 Å². The van der Waals surface area contributed by atoms with Crippen LogP contribution in [0.4, 0.5) is 0 Å². The van der Waals surface area contributed by atoms with Gasteiger partial charge in [-0.1, -0.05) is 25.3 Å². The van der Waals surface area contributed by atoms with E-state index in [1.54, 1.807) is 17.5 Å². The molecule has 7 heteroatoms. The quantitative estimate of drug-likeness (QED) is 0.873. The van der Waals surface area contributed by atoms with E-state index in [0.717, 1.165) is 12.8 Å². The van der Waals surface area contributed by atoms with Gasteiger partial charge in [-0.25, -0.2) is 13.1 Å². The minimum absolute atomic E-state index is 0. The summed E-state index contributed by atoms with van der Waals surface area (Å²) in [4.78, 5) is 0. The molecule has 1 aliphatic carbocycles. The third-order valence-electron chi connectivity index (χ3n) is 3.54. The highest BCUT2D eigenvalue weighted by Gasteiger charge is 2.27. The fourth-order valence-corrected chi connectivity index (χ4v) is 4.87. The predicted octanol–water partition coefficient (Wildman–Crippen LogP) is 2.36. The minimum atomic E-state index is -3.39. The lowest BCUT2D eigenvalue weighted by Crippen LogP contribution is -2.45. The molecule has 1 saturated carbocycles. The molecule has 1 aromatic rings. The predicted molar refractivity (Wildman–Crippen MR) is 81.3 cm³/mol. The van der Waals surface area contributed by atoms with Gasteiger partial charge in [-0.05, 0) is 30.2 Å². The Labute approximate surface area is 125 Å². The molecule has 0 aromatic carbocycles. The molecule has 3 N–H and O–H groups in total. The number of halogens is 1. The van der Waals surface area contributed by atoms with Gasteiger partial charge >= 0.3 is 0 Å². The molecule has 1 fully saturated rings. The molecule has 0 saturated heterocycles. The van der Waals surface area contributed by atoms with Gasteiger partial charge in [0.05, 0.1) is 0 Å². The van der Waals surface area contributed by atoms with Crippen LogP contribution in [0, 0.1) is 5.92 Å². The lowest BCUT2D eigenvalue weighted by molar-refractivity contribution is 0.294. The van der Waals surface area contributed by atoms with E-state index in [1.165, 1.54) is 30.6 Å². The maximum absolute atomic E-state index is 12.1. The molecule has 1 unspecified atom stereocenters. The van der Waals surface area contributed by atoms with Crippen molar-refractivity contribution < 1.29 is 8.42 Å². The molecule has 0 aliphatic heterocycles. The normalized spacial score (nSPS) is 18.8. The van der Waals surface area contributed by atoms with Gasteiger partial charge in [0.15, 0.2) is 0 Å². The summed E-state index contributed by atoms with van der Waals surface area (Å²) in [5.74, 6) is 0.387. The highest BCUT2D eigenvalue weighted by molar-refractivity contribution is 7.91. The summed E-state index contributed by atoms with van der Waals surface area (Å²) in [6.07, 6.45) is 5.78. The number of sulfonamides is 1. The Morgan fingerprint density at radius 1 is 1.37 bits per heavy atom. The summed E-state index contributed by atoms with van der Waals surface area (Å²) < 4.78 is 27.4. The Balaban J connectivity index is 0.00000180. The molecule has 1 aromatic heterocycles. The van der Waals surface area contributed by atoms with Gasteiger partial charge < -0.3 is 5.73 Å². The average molecular weight is 325 g/mol. The van der Waals surface area contributed by atoms with Gasteiger partial charge in [0.2, 0.25) is 10.0 Å². The van der Waals surface area contributed by atoms with Gasteiger partial charge in [-0.3, -0.25) is 0 Å². The molecule has 0 spiro atoms. The third-order valence-corrected chi connectivity index (χ3v) is 6.43. The first-order chi connectivity index (χ1) is 8.63. The Kier molecular flexibility index (Phi) is 6.76. The number of nitrogens with two attached hydrogens (primary N) is 1. The van der Waals surface area contributed by atoms with Crippen LogP contribution in [0.15, 0.2) is 21.7 Å². The molecule has 0 radical (unpaired) electrons. The van der Waals surface area contributed by atoms with E-state index < -0.39 is 10.0 Å². The maximum Gasteiger partial charge on any atom is 0.250 e. The van der Waals surface area contributed by atoms with Crippen molar-refractivity contribution in [1.82, 2.24) is 4.72 Å². The maximum atomic E-state index is 12.1. The Morgan fingerprint density at radius 3 is 2.58 bits per heavy atom. The van der Waals surface area contributed by atoms with Gasteiger partial charge in [0, 0.05) is 12.6 Å². The van der Waals surface area contributed by atoms with Crippen LogP contribution in [-0.4, -0.2) is 21.0 Å². The number of thiophene rings is 1. The van der Waals surface area contributed by atoms with Crippen LogP contribution in [0.1, 0.15) is 32.1 Å². The first-order valence-corrected chi connectivity index (χ1v) is 8.75. The zero-order chi connectivity index (χ0) is 13.0. The molecule has 4 nitrogen and oxygen atoms in total. The van der Waals surface area contributed by atoms with E-state index in [2.05, 4.69) is 4.72 Å². The van der Waals surface area contributed by atoms with Crippen molar-refractivity contribution in [1.29, 1.82) is 0 Å². The van der Waals surface area contributed by atoms with E-state index in [9.17, 15) is 8.42 Å². The molecule has 1 heterocycles. The average Bonchev–Trinajstić information content (AvgIpc) is 2.92. The van der Waals surface area contributed by atoms with Crippen LogP contribution in [0.25, 0.3) is 0 Å². The Bertz CT molecular complexity index is 456. The summed E-state index contributed by atoms with van der Waals surface area (Å²) >= 11 is 1.24. The van der Waals surface area contributed by atoms with Crippen molar-refractivity contribution in [3.05, 3.63) is 17.5 Å². The summed E-state index contributed by atoms with van der Waals surface area (Å²) in [6.45, 7) is 0.370. The molecular weight excluding hydrogens is 304 g/mol. The van der Waals surface area contributed by atoms with Crippen molar-refractivity contribution in [3.63, 3.8) is 0 Å². The number of rotatable bonds is 5. The third kappa shape index (κ3) is 4.43. The van der Waals surface area contributed by atoms with Crippen molar-refractivity contribution in [3.8, 4) is 0 Å². The Morgan fingerprint density at radius 2 is 2.05 bits per heavy atom. The summed E-state index contributed by atoms with van der Waals surface area (Å²) in [6, 6.07) is 3.25. The second-order valence-corrected chi connectivity index (χ2v) is 7.68. The van der Waals surface area contributed by atoms with E-state index in [-0.39, 0.29) is 18.4 Å². The summed E-state index contributed by atoms with van der Waals surface area (Å²) in [5, 5.41) is 1.77. The van der Waals surface area contributed by atoms with Gasteiger partial charge in [0.25, 0.3) is 0 Å². The van der Waals surface area contributed by atoms with Crippen LogP contribution < -0.4 is 10.5 Å². The lowest BCUT2D eigenvalue weighted by atomic mass is 9.84. The molecule has 1 atom stereocenters. The zero-order valence-corrected chi connectivity index (χ0v) is 13.2. The largest absolute Gasteiger partial charge is 0.329 e. The van der Waals surface area contributed by atoms with Gasteiger partial charge in [-0.15, -0.1) is 23.7 Å².